The molecular weight excluding hydrogens is 693 g/mol. The number of nitrogens with zero attached hydrogens (tertiary/aromatic N) is 6. The summed E-state index contributed by atoms with van der Waals surface area (Å²) in [5, 5.41) is 21.6. The zero-order chi connectivity index (χ0) is 38.4. The first kappa shape index (κ1) is 37.4. The van der Waals surface area contributed by atoms with Gasteiger partial charge in [0.2, 0.25) is 0 Å². The fraction of sp³-hybridized carbons (Fsp3) is 0.375. The second kappa shape index (κ2) is 17.1. The first-order valence-corrected chi connectivity index (χ1v) is 20.9. The Hall–Kier alpha value is -5.50. The second-order valence-corrected chi connectivity index (χ2v) is 15.2. The summed E-state index contributed by atoms with van der Waals surface area (Å²) in [5.74, 6) is 1.38. The van der Waals surface area contributed by atoms with E-state index in [0.29, 0.717) is 11.5 Å². The Morgan fingerprint density at radius 3 is 1.18 bits per heavy atom. The normalized spacial score (nSPS) is 11.9. The second-order valence-electron chi connectivity index (χ2n) is 15.2. The van der Waals surface area contributed by atoms with Gasteiger partial charge in [-0.25, -0.2) is 0 Å². The highest BCUT2D eigenvalue weighted by molar-refractivity contribution is 6.25. The molecule has 8 aromatic rings. The summed E-state index contributed by atoms with van der Waals surface area (Å²) in [5.41, 5.74) is 11.6. The van der Waals surface area contributed by atoms with Crippen molar-refractivity contribution in [1.82, 2.24) is 29.5 Å². The molecule has 0 aliphatic carbocycles. The highest BCUT2D eigenvalue weighted by atomic mass is 16.5. The summed E-state index contributed by atoms with van der Waals surface area (Å²) in [4.78, 5) is 0. The third kappa shape index (κ3) is 7.06. The van der Waals surface area contributed by atoms with Crippen LogP contribution in [0.15, 0.2) is 84.9 Å². The van der Waals surface area contributed by atoms with Gasteiger partial charge in [0.1, 0.15) is 44.6 Å². The van der Waals surface area contributed by atoms with E-state index in [-0.39, 0.29) is 0 Å². The third-order valence-electron chi connectivity index (χ3n) is 11.5. The molecule has 0 spiro atoms. The van der Waals surface area contributed by atoms with Crippen LogP contribution in [0.1, 0.15) is 102 Å². The maximum Gasteiger partial charge on any atom is 0.147 e. The zero-order valence-electron chi connectivity index (χ0n) is 33.5. The molecule has 288 valence electrons. The minimum Gasteiger partial charge on any atom is -0.494 e. The molecule has 4 aromatic carbocycles. The smallest absolute Gasteiger partial charge is 0.147 e. The van der Waals surface area contributed by atoms with E-state index >= 15 is 0 Å². The van der Waals surface area contributed by atoms with Crippen molar-refractivity contribution in [1.29, 1.82) is 0 Å². The number of benzene rings is 4. The molecule has 0 saturated heterocycles. The number of unbranched alkanes of at least 4 members (excludes halogenated alkanes) is 10. The molecule has 8 heteroatoms. The Bertz CT molecular complexity index is 2410. The van der Waals surface area contributed by atoms with Crippen LogP contribution in [0.4, 0.5) is 0 Å². The molecule has 4 aromatic heterocycles. The van der Waals surface area contributed by atoms with E-state index in [1.54, 1.807) is 14.2 Å². The molecule has 0 amide bonds. The lowest BCUT2D eigenvalue weighted by atomic mass is 10.0. The molecule has 0 saturated carbocycles. The summed E-state index contributed by atoms with van der Waals surface area (Å²) < 4.78 is 16.3. The Morgan fingerprint density at radius 2 is 0.786 bits per heavy atom. The fourth-order valence-electron chi connectivity index (χ4n) is 8.51. The van der Waals surface area contributed by atoms with Crippen LogP contribution < -0.4 is 9.47 Å². The average molecular weight is 747 g/mol. The molecule has 8 rings (SSSR count). The lowest BCUT2D eigenvalue weighted by Gasteiger charge is -2.13. The van der Waals surface area contributed by atoms with Crippen LogP contribution in [0.3, 0.4) is 0 Å². The van der Waals surface area contributed by atoms with Gasteiger partial charge in [-0.1, -0.05) is 127 Å². The third-order valence-corrected chi connectivity index (χ3v) is 11.5. The molecular formula is C48H54N6O2. The topological polar surface area (TPSA) is 79.9 Å². The Labute approximate surface area is 329 Å². The first-order chi connectivity index (χ1) is 27.7. The highest BCUT2D eigenvalue weighted by Gasteiger charge is 2.28. The number of aryl methyl sites for hydroxylation is 2. The van der Waals surface area contributed by atoms with Gasteiger partial charge in [-0.05, 0) is 73.2 Å². The Balaban J connectivity index is 1.33. The van der Waals surface area contributed by atoms with Gasteiger partial charge < -0.3 is 18.6 Å². The van der Waals surface area contributed by atoms with Crippen LogP contribution in [0.2, 0.25) is 0 Å². The van der Waals surface area contributed by atoms with Gasteiger partial charge in [0, 0.05) is 22.1 Å². The predicted octanol–water partition coefficient (Wildman–Crippen LogP) is 12.4. The molecule has 0 aliphatic rings. The van der Waals surface area contributed by atoms with E-state index in [1.807, 2.05) is 24.3 Å². The van der Waals surface area contributed by atoms with Gasteiger partial charge in [0.15, 0.2) is 0 Å². The number of hydrogen-bond donors (Lipinski definition) is 0. The minimum absolute atomic E-state index is 0.690. The number of ether oxygens (including phenoxy) is 2. The van der Waals surface area contributed by atoms with Crippen molar-refractivity contribution in [3.8, 4) is 22.9 Å². The molecule has 0 atom stereocenters. The van der Waals surface area contributed by atoms with Crippen molar-refractivity contribution in [2.24, 2.45) is 0 Å². The van der Waals surface area contributed by atoms with E-state index in [4.69, 9.17) is 29.9 Å². The van der Waals surface area contributed by atoms with Crippen LogP contribution in [-0.4, -0.2) is 43.7 Å². The van der Waals surface area contributed by atoms with Crippen molar-refractivity contribution in [3.05, 3.63) is 96.1 Å². The van der Waals surface area contributed by atoms with E-state index in [1.165, 1.54) is 88.2 Å². The molecule has 4 heterocycles. The van der Waals surface area contributed by atoms with E-state index < -0.39 is 0 Å². The molecule has 0 N–H and O–H groups in total. The van der Waals surface area contributed by atoms with Crippen molar-refractivity contribution in [2.75, 3.05) is 14.2 Å². The largest absolute Gasteiger partial charge is 0.494 e. The molecule has 0 bridgehead atoms. The molecule has 0 radical (unpaired) electrons. The lowest BCUT2D eigenvalue weighted by Crippen LogP contribution is -2.00. The summed E-state index contributed by atoms with van der Waals surface area (Å²) in [6, 6.07) is 30.3. The molecule has 0 aliphatic heterocycles. The van der Waals surface area contributed by atoms with Crippen LogP contribution in [0, 0.1) is 0 Å². The summed E-state index contributed by atoms with van der Waals surface area (Å²) >= 11 is 0. The summed E-state index contributed by atoms with van der Waals surface area (Å²) in [6.45, 7) is 4.54. The van der Waals surface area contributed by atoms with Gasteiger partial charge >= 0.3 is 0 Å². The maximum atomic E-state index is 5.81. The number of aromatic nitrogens is 6. The quantitative estimate of drug-likeness (QED) is 0.0813. The standard InChI is InChI=1S/C48H54N6O2/c1-5-7-9-11-13-15-19-33-25-29-35(30-26-33)53-45-37-21-17-23-39(55-3)41(37)49-51-43(45)48-47(53)44-46(38-22-18-24-40(56-4)42(38)50-52-44)54(48)36-31-27-34(28-32-36)20-16-14-12-10-8-6-2/h17-18,21-32H,5-16,19-20H2,1-4H3. The van der Waals surface area contributed by atoms with Crippen LogP contribution in [0.5, 0.6) is 11.5 Å². The minimum atomic E-state index is 0.690. The van der Waals surface area contributed by atoms with Crippen molar-refractivity contribution < 1.29 is 9.47 Å². The van der Waals surface area contributed by atoms with E-state index in [0.717, 1.165) is 79.1 Å². The van der Waals surface area contributed by atoms with Gasteiger partial charge in [-0.15, -0.1) is 20.4 Å². The summed E-state index contributed by atoms with van der Waals surface area (Å²) in [6.07, 6.45) is 17.6. The number of rotatable bonds is 18. The Morgan fingerprint density at radius 1 is 0.411 bits per heavy atom. The van der Waals surface area contributed by atoms with Crippen LogP contribution >= 0.6 is 0 Å². The molecule has 8 nitrogen and oxygen atoms in total. The lowest BCUT2D eigenvalue weighted by molar-refractivity contribution is 0.418. The summed E-state index contributed by atoms with van der Waals surface area (Å²) in [7, 11) is 3.37. The zero-order valence-corrected chi connectivity index (χ0v) is 33.5. The van der Waals surface area contributed by atoms with Crippen LogP contribution in [-0.2, 0) is 12.8 Å². The van der Waals surface area contributed by atoms with E-state index in [2.05, 4.69) is 83.6 Å². The van der Waals surface area contributed by atoms with E-state index in [9.17, 15) is 0 Å². The highest BCUT2D eigenvalue weighted by Crippen LogP contribution is 2.44. The van der Waals surface area contributed by atoms with Crippen LogP contribution in [0.25, 0.3) is 66.3 Å². The van der Waals surface area contributed by atoms with Gasteiger partial charge in [-0.2, -0.15) is 0 Å². The number of fused-ring (bicyclic) bond motifs is 9. The van der Waals surface area contributed by atoms with Crippen molar-refractivity contribution >= 4 is 54.9 Å². The Kier molecular flexibility index (Phi) is 11.4. The van der Waals surface area contributed by atoms with Gasteiger partial charge in [0.05, 0.1) is 25.3 Å². The predicted molar refractivity (Wildman–Crippen MR) is 231 cm³/mol. The monoisotopic (exact) mass is 746 g/mol. The first-order valence-electron chi connectivity index (χ1n) is 20.9. The fourth-order valence-corrected chi connectivity index (χ4v) is 8.51. The SMILES string of the molecule is CCCCCCCCc1ccc(-n2c3c4cccc(OC)c4nnc3c3c2c2nnc4c(OC)cccc4c2n3-c2ccc(CCCCCCCC)cc2)cc1. The average Bonchev–Trinajstić information content (AvgIpc) is 3.76. The molecule has 56 heavy (non-hydrogen) atoms. The van der Waals surface area contributed by atoms with Gasteiger partial charge in [-0.3, -0.25) is 0 Å². The number of hydrogen-bond acceptors (Lipinski definition) is 6. The van der Waals surface area contributed by atoms with Crippen molar-refractivity contribution in [2.45, 2.75) is 104 Å². The molecule has 0 unspecified atom stereocenters. The van der Waals surface area contributed by atoms with Gasteiger partial charge in [0.25, 0.3) is 0 Å². The van der Waals surface area contributed by atoms with Crippen molar-refractivity contribution in [3.63, 3.8) is 0 Å². The number of methoxy groups -OCH3 is 2. The molecule has 0 fully saturated rings. The maximum absolute atomic E-state index is 5.81.